The summed E-state index contributed by atoms with van der Waals surface area (Å²) in [5.41, 5.74) is 4.14. The van der Waals surface area contributed by atoms with Crippen molar-refractivity contribution >= 4 is 12.6 Å². The Bertz CT molecular complexity index is 411. The Morgan fingerprint density at radius 3 is 2.47 bits per heavy atom. The monoisotopic (exact) mass is 252 g/mol. The predicted molar refractivity (Wildman–Crippen MR) is 73.4 cm³/mol. The van der Waals surface area contributed by atoms with Crippen LogP contribution in [0.4, 0.5) is 0 Å². The van der Waals surface area contributed by atoms with Gasteiger partial charge in [-0.25, -0.2) is 0 Å². The van der Waals surface area contributed by atoms with Crippen molar-refractivity contribution in [2.45, 2.75) is 25.7 Å². The summed E-state index contributed by atoms with van der Waals surface area (Å²) < 4.78 is 10.8. The van der Waals surface area contributed by atoms with Crippen LogP contribution in [-0.4, -0.2) is 26.1 Å². The number of hydrogen-bond donors (Lipinski definition) is 1. The number of benzene rings is 1. The molecule has 1 fully saturated rings. The highest BCUT2D eigenvalue weighted by Crippen LogP contribution is 2.40. The lowest BCUT2D eigenvalue weighted by molar-refractivity contribution is -0.0617. The fourth-order valence-electron chi connectivity index (χ4n) is 2.59. The molecule has 0 aliphatic carbocycles. The molecule has 0 spiro atoms. The minimum Gasteiger partial charge on any atom is -0.496 e. The molecule has 0 atom stereocenters. The number of hydrogen-bond acceptors (Lipinski definition) is 3. The van der Waals surface area contributed by atoms with E-state index in [1.165, 1.54) is 16.7 Å². The molecule has 0 unspecified atom stereocenters. The summed E-state index contributed by atoms with van der Waals surface area (Å²) in [6, 6.07) is 4.25. The van der Waals surface area contributed by atoms with Crippen LogP contribution in [0.3, 0.4) is 0 Å². The Balaban J connectivity index is 2.42. The van der Waals surface area contributed by atoms with Crippen LogP contribution < -0.4 is 4.74 Å². The molecule has 1 heterocycles. The standard InChI is InChI=1S/C14H20O2S/c1-10-11(2)13(15-3)5-4-12(10)14(6-7-17)8-16-9-14/h4-5,17H,6-9H2,1-3H3. The number of rotatable bonds is 4. The van der Waals surface area contributed by atoms with Gasteiger partial charge >= 0.3 is 0 Å². The van der Waals surface area contributed by atoms with Gasteiger partial charge in [0.25, 0.3) is 0 Å². The first-order chi connectivity index (χ1) is 8.14. The molecule has 2 rings (SSSR count). The number of thiol groups is 1. The fourth-order valence-corrected chi connectivity index (χ4v) is 3.02. The van der Waals surface area contributed by atoms with Crippen molar-refractivity contribution < 1.29 is 9.47 Å². The van der Waals surface area contributed by atoms with Crippen molar-refractivity contribution in [2.24, 2.45) is 0 Å². The van der Waals surface area contributed by atoms with Crippen molar-refractivity contribution in [3.8, 4) is 5.75 Å². The Hall–Kier alpha value is -0.670. The molecule has 0 saturated carbocycles. The molecule has 0 radical (unpaired) electrons. The summed E-state index contributed by atoms with van der Waals surface area (Å²) >= 11 is 4.37. The zero-order valence-electron chi connectivity index (χ0n) is 10.7. The van der Waals surface area contributed by atoms with E-state index in [4.69, 9.17) is 9.47 Å². The van der Waals surface area contributed by atoms with Crippen LogP contribution in [0.15, 0.2) is 12.1 Å². The largest absolute Gasteiger partial charge is 0.496 e. The van der Waals surface area contributed by atoms with E-state index in [0.29, 0.717) is 0 Å². The highest BCUT2D eigenvalue weighted by atomic mass is 32.1. The third-order valence-electron chi connectivity index (χ3n) is 3.88. The van der Waals surface area contributed by atoms with Gasteiger partial charge in [0, 0.05) is 5.41 Å². The first-order valence-electron chi connectivity index (χ1n) is 5.98. The lowest BCUT2D eigenvalue weighted by atomic mass is 9.74. The molecule has 0 bridgehead atoms. The van der Waals surface area contributed by atoms with E-state index in [9.17, 15) is 0 Å². The molecule has 1 saturated heterocycles. The topological polar surface area (TPSA) is 18.5 Å². The third kappa shape index (κ3) is 2.06. The fraction of sp³-hybridized carbons (Fsp3) is 0.571. The van der Waals surface area contributed by atoms with Crippen LogP contribution in [0.25, 0.3) is 0 Å². The van der Waals surface area contributed by atoms with E-state index in [0.717, 1.165) is 31.1 Å². The first kappa shape index (κ1) is 12.8. The third-order valence-corrected chi connectivity index (χ3v) is 4.10. The molecule has 3 heteroatoms. The summed E-state index contributed by atoms with van der Waals surface area (Å²) in [7, 11) is 1.72. The minimum absolute atomic E-state index is 0.183. The van der Waals surface area contributed by atoms with Gasteiger partial charge in [-0.15, -0.1) is 0 Å². The smallest absolute Gasteiger partial charge is 0.122 e. The second-order valence-electron chi connectivity index (χ2n) is 4.81. The quantitative estimate of drug-likeness (QED) is 0.831. The Morgan fingerprint density at radius 1 is 1.29 bits per heavy atom. The minimum atomic E-state index is 0.183. The van der Waals surface area contributed by atoms with E-state index in [1.807, 2.05) is 0 Å². The van der Waals surface area contributed by atoms with Crippen LogP contribution in [-0.2, 0) is 10.2 Å². The van der Waals surface area contributed by atoms with E-state index in [1.54, 1.807) is 7.11 Å². The Morgan fingerprint density at radius 2 is 2.00 bits per heavy atom. The number of ether oxygens (including phenoxy) is 2. The highest BCUT2D eigenvalue weighted by Gasteiger charge is 2.40. The van der Waals surface area contributed by atoms with Gasteiger partial charge in [-0.2, -0.15) is 12.6 Å². The predicted octanol–water partition coefficient (Wildman–Crippen LogP) is 2.90. The van der Waals surface area contributed by atoms with Crippen LogP contribution >= 0.6 is 12.6 Å². The average Bonchev–Trinajstić information content (AvgIpc) is 2.28. The molecule has 0 amide bonds. The molecule has 0 N–H and O–H groups in total. The summed E-state index contributed by atoms with van der Waals surface area (Å²) in [4.78, 5) is 0. The second-order valence-corrected chi connectivity index (χ2v) is 5.26. The molecule has 1 aromatic rings. The Kier molecular flexibility index (Phi) is 3.69. The average molecular weight is 252 g/mol. The summed E-state index contributed by atoms with van der Waals surface area (Å²) in [6.45, 7) is 5.93. The van der Waals surface area contributed by atoms with E-state index in [2.05, 4.69) is 38.6 Å². The van der Waals surface area contributed by atoms with Gasteiger partial charge in [0.1, 0.15) is 5.75 Å². The molecule has 0 aromatic heterocycles. The molecule has 1 aromatic carbocycles. The van der Waals surface area contributed by atoms with Crippen molar-refractivity contribution in [3.05, 3.63) is 28.8 Å². The molecule has 2 nitrogen and oxygen atoms in total. The van der Waals surface area contributed by atoms with Crippen LogP contribution in [0.1, 0.15) is 23.1 Å². The molecular weight excluding hydrogens is 232 g/mol. The van der Waals surface area contributed by atoms with Gasteiger partial charge in [0.15, 0.2) is 0 Å². The zero-order valence-corrected chi connectivity index (χ0v) is 11.6. The van der Waals surface area contributed by atoms with Crippen LogP contribution in [0, 0.1) is 13.8 Å². The normalized spacial score (nSPS) is 17.6. The SMILES string of the molecule is COc1ccc(C2(CCS)COC2)c(C)c1C. The summed E-state index contributed by atoms with van der Waals surface area (Å²) in [5.74, 6) is 1.86. The molecule has 94 valence electrons. The Labute approximate surface area is 109 Å². The summed E-state index contributed by atoms with van der Waals surface area (Å²) in [5, 5.41) is 0. The van der Waals surface area contributed by atoms with Gasteiger partial charge in [-0.1, -0.05) is 6.07 Å². The van der Waals surface area contributed by atoms with Crippen molar-refractivity contribution in [2.75, 3.05) is 26.1 Å². The van der Waals surface area contributed by atoms with Gasteiger partial charge < -0.3 is 9.47 Å². The highest BCUT2D eigenvalue weighted by molar-refractivity contribution is 7.80. The first-order valence-corrected chi connectivity index (χ1v) is 6.61. The van der Waals surface area contributed by atoms with Gasteiger partial charge in [0.05, 0.1) is 20.3 Å². The van der Waals surface area contributed by atoms with Gasteiger partial charge in [-0.05, 0) is 48.8 Å². The van der Waals surface area contributed by atoms with E-state index in [-0.39, 0.29) is 5.41 Å². The maximum atomic E-state index is 5.43. The maximum absolute atomic E-state index is 5.43. The summed E-state index contributed by atoms with van der Waals surface area (Å²) in [6.07, 6.45) is 1.07. The van der Waals surface area contributed by atoms with Gasteiger partial charge in [-0.3, -0.25) is 0 Å². The van der Waals surface area contributed by atoms with Crippen molar-refractivity contribution in [1.82, 2.24) is 0 Å². The van der Waals surface area contributed by atoms with Crippen molar-refractivity contribution in [3.63, 3.8) is 0 Å². The maximum Gasteiger partial charge on any atom is 0.122 e. The van der Waals surface area contributed by atoms with Crippen LogP contribution in [0.2, 0.25) is 0 Å². The number of methoxy groups -OCH3 is 1. The zero-order chi connectivity index (χ0) is 12.5. The van der Waals surface area contributed by atoms with E-state index < -0.39 is 0 Å². The second kappa shape index (κ2) is 4.91. The molecule has 1 aliphatic heterocycles. The lowest BCUT2D eigenvalue weighted by Crippen LogP contribution is -2.47. The molecular formula is C14H20O2S. The van der Waals surface area contributed by atoms with E-state index >= 15 is 0 Å². The van der Waals surface area contributed by atoms with Crippen LogP contribution in [0.5, 0.6) is 5.75 Å². The van der Waals surface area contributed by atoms with Crippen molar-refractivity contribution in [1.29, 1.82) is 0 Å². The molecule has 17 heavy (non-hydrogen) atoms. The van der Waals surface area contributed by atoms with Gasteiger partial charge in [0.2, 0.25) is 0 Å². The molecule has 1 aliphatic rings. The lowest BCUT2D eigenvalue weighted by Gasteiger charge is -2.43.